The lowest BCUT2D eigenvalue weighted by molar-refractivity contribution is -0.136. The van der Waals surface area contributed by atoms with Crippen molar-refractivity contribution in [2.24, 2.45) is 0 Å². The van der Waals surface area contributed by atoms with Crippen LogP contribution in [0.3, 0.4) is 0 Å². The highest BCUT2D eigenvalue weighted by molar-refractivity contribution is 5.79. The van der Waals surface area contributed by atoms with E-state index in [1.54, 1.807) is 4.90 Å². The second kappa shape index (κ2) is 4.42. The average molecular weight is 172 g/mol. The third kappa shape index (κ3) is 2.19. The Labute approximate surface area is 72.8 Å². The highest BCUT2D eigenvalue weighted by atomic mass is 16.3. The van der Waals surface area contributed by atoms with E-state index in [2.05, 4.69) is 11.8 Å². The number of likely N-dealkylation sites (N-methyl/N-ethyl adjacent to an activating group) is 1. The fourth-order valence-electron chi connectivity index (χ4n) is 1.38. The summed E-state index contributed by atoms with van der Waals surface area (Å²) in [7, 11) is 0. The van der Waals surface area contributed by atoms with Gasteiger partial charge in [-0.1, -0.05) is 6.92 Å². The van der Waals surface area contributed by atoms with Crippen molar-refractivity contribution < 1.29 is 9.90 Å². The lowest BCUT2D eigenvalue weighted by atomic mass is 10.3. The number of aliphatic hydroxyl groups is 1. The number of piperazine rings is 1. The van der Waals surface area contributed by atoms with Gasteiger partial charge in [0, 0.05) is 19.6 Å². The van der Waals surface area contributed by atoms with Crippen LogP contribution in [0.15, 0.2) is 0 Å². The molecule has 0 saturated carbocycles. The number of hydrogen-bond donors (Lipinski definition) is 1. The van der Waals surface area contributed by atoms with Gasteiger partial charge in [-0.15, -0.1) is 0 Å². The molecular weight excluding hydrogens is 156 g/mol. The second-order valence-corrected chi connectivity index (χ2v) is 2.97. The van der Waals surface area contributed by atoms with Crippen LogP contribution in [0.5, 0.6) is 0 Å². The summed E-state index contributed by atoms with van der Waals surface area (Å²) in [5.41, 5.74) is 0. The molecule has 0 bridgehead atoms. The summed E-state index contributed by atoms with van der Waals surface area (Å²) in [6, 6.07) is 0. The van der Waals surface area contributed by atoms with Crippen LogP contribution in [0, 0.1) is 0 Å². The molecule has 0 unspecified atom stereocenters. The number of amides is 1. The number of carbonyl (C=O) groups is 1. The molecular formula is C8H16N2O2. The van der Waals surface area contributed by atoms with Gasteiger partial charge in [0.15, 0.2) is 0 Å². The molecule has 0 aromatic carbocycles. The van der Waals surface area contributed by atoms with Crippen molar-refractivity contribution in [3.8, 4) is 0 Å². The summed E-state index contributed by atoms with van der Waals surface area (Å²) in [4.78, 5) is 15.1. The third-order valence-electron chi connectivity index (χ3n) is 2.21. The van der Waals surface area contributed by atoms with Gasteiger partial charge in [-0.05, 0) is 6.54 Å². The Balaban J connectivity index is 2.37. The predicted octanol–water partition coefficient (Wildman–Crippen LogP) is -0.857. The van der Waals surface area contributed by atoms with E-state index >= 15 is 0 Å². The maximum Gasteiger partial charge on any atom is 0.236 e. The molecule has 0 spiro atoms. The fraction of sp³-hybridized carbons (Fsp3) is 0.875. The van der Waals surface area contributed by atoms with Gasteiger partial charge in [-0.2, -0.15) is 0 Å². The van der Waals surface area contributed by atoms with Crippen molar-refractivity contribution in [1.82, 2.24) is 9.80 Å². The first-order valence-electron chi connectivity index (χ1n) is 4.39. The minimum absolute atomic E-state index is 0.0673. The fourth-order valence-corrected chi connectivity index (χ4v) is 1.38. The molecule has 1 amide bonds. The molecule has 1 N–H and O–H groups in total. The summed E-state index contributed by atoms with van der Waals surface area (Å²) >= 11 is 0. The minimum Gasteiger partial charge on any atom is -0.395 e. The molecule has 70 valence electrons. The average Bonchev–Trinajstić information content (AvgIpc) is 2.09. The first-order chi connectivity index (χ1) is 5.77. The Kier molecular flexibility index (Phi) is 3.49. The normalized spacial score (nSPS) is 20.2. The summed E-state index contributed by atoms with van der Waals surface area (Å²) in [6.45, 7) is 5.73. The van der Waals surface area contributed by atoms with E-state index in [1.807, 2.05) is 0 Å². The Morgan fingerprint density at radius 2 is 2.25 bits per heavy atom. The maximum absolute atomic E-state index is 11.3. The zero-order valence-corrected chi connectivity index (χ0v) is 7.49. The standard InChI is InChI=1S/C8H16N2O2/c1-2-9-3-4-10(5-6-11)8(12)7-9/h11H,2-7H2,1H3. The number of rotatable bonds is 3. The van der Waals surface area contributed by atoms with Crippen molar-refractivity contribution in [2.45, 2.75) is 6.92 Å². The van der Waals surface area contributed by atoms with Crippen LogP contribution in [-0.2, 0) is 4.79 Å². The molecule has 0 radical (unpaired) electrons. The first-order valence-corrected chi connectivity index (χ1v) is 4.39. The summed E-state index contributed by atoms with van der Waals surface area (Å²) in [5, 5.41) is 8.65. The number of hydrogen-bond acceptors (Lipinski definition) is 3. The molecule has 1 saturated heterocycles. The van der Waals surface area contributed by atoms with E-state index in [1.165, 1.54) is 0 Å². The van der Waals surface area contributed by atoms with Crippen molar-refractivity contribution in [2.75, 3.05) is 39.3 Å². The summed E-state index contributed by atoms with van der Waals surface area (Å²) < 4.78 is 0. The second-order valence-electron chi connectivity index (χ2n) is 2.97. The van der Waals surface area contributed by atoms with Crippen molar-refractivity contribution in [3.05, 3.63) is 0 Å². The van der Waals surface area contributed by atoms with Crippen molar-refractivity contribution >= 4 is 5.91 Å². The Morgan fingerprint density at radius 1 is 1.50 bits per heavy atom. The number of aliphatic hydroxyl groups excluding tert-OH is 1. The molecule has 0 aromatic rings. The molecule has 1 fully saturated rings. The lowest BCUT2D eigenvalue weighted by Crippen LogP contribution is -2.50. The van der Waals surface area contributed by atoms with Gasteiger partial charge >= 0.3 is 0 Å². The highest BCUT2D eigenvalue weighted by Crippen LogP contribution is 2.01. The van der Waals surface area contributed by atoms with Gasteiger partial charge in [0.2, 0.25) is 5.91 Å². The van der Waals surface area contributed by atoms with Crippen LogP contribution < -0.4 is 0 Å². The smallest absolute Gasteiger partial charge is 0.236 e. The molecule has 0 atom stereocenters. The summed E-state index contributed by atoms with van der Waals surface area (Å²) in [6.07, 6.45) is 0. The van der Waals surface area contributed by atoms with Crippen LogP contribution >= 0.6 is 0 Å². The summed E-state index contributed by atoms with van der Waals surface area (Å²) in [5.74, 6) is 0.136. The van der Waals surface area contributed by atoms with Crippen LogP contribution in [-0.4, -0.2) is 60.1 Å². The minimum atomic E-state index is 0.0673. The van der Waals surface area contributed by atoms with Crippen LogP contribution in [0.2, 0.25) is 0 Å². The van der Waals surface area contributed by atoms with Gasteiger partial charge in [0.25, 0.3) is 0 Å². The van der Waals surface area contributed by atoms with Gasteiger partial charge in [-0.25, -0.2) is 0 Å². The molecule has 4 heteroatoms. The Morgan fingerprint density at radius 3 is 2.75 bits per heavy atom. The van der Waals surface area contributed by atoms with E-state index < -0.39 is 0 Å². The maximum atomic E-state index is 11.3. The number of nitrogens with zero attached hydrogens (tertiary/aromatic N) is 2. The van der Waals surface area contributed by atoms with Gasteiger partial charge < -0.3 is 10.0 Å². The van der Waals surface area contributed by atoms with Crippen LogP contribution in [0.1, 0.15) is 6.92 Å². The SMILES string of the molecule is CCN1CCN(CCO)C(=O)C1. The Hall–Kier alpha value is -0.610. The molecule has 0 aromatic heterocycles. The molecule has 1 aliphatic rings. The van der Waals surface area contributed by atoms with E-state index in [0.717, 1.165) is 19.6 Å². The van der Waals surface area contributed by atoms with Gasteiger partial charge in [0.1, 0.15) is 0 Å². The van der Waals surface area contributed by atoms with Crippen molar-refractivity contribution in [1.29, 1.82) is 0 Å². The predicted molar refractivity (Wildman–Crippen MR) is 45.8 cm³/mol. The molecule has 0 aliphatic carbocycles. The van der Waals surface area contributed by atoms with E-state index in [0.29, 0.717) is 13.1 Å². The molecule has 12 heavy (non-hydrogen) atoms. The molecule has 1 rings (SSSR count). The van der Waals surface area contributed by atoms with Crippen LogP contribution in [0.25, 0.3) is 0 Å². The zero-order chi connectivity index (χ0) is 8.97. The topological polar surface area (TPSA) is 43.8 Å². The van der Waals surface area contributed by atoms with Gasteiger partial charge in [0.05, 0.1) is 13.2 Å². The zero-order valence-electron chi connectivity index (χ0n) is 7.49. The van der Waals surface area contributed by atoms with Crippen LogP contribution in [0.4, 0.5) is 0 Å². The monoisotopic (exact) mass is 172 g/mol. The van der Waals surface area contributed by atoms with Gasteiger partial charge in [-0.3, -0.25) is 9.69 Å². The first kappa shape index (κ1) is 9.48. The number of β-amino-alcohol motifs (C(OH)–C–C–N with tert-alkyl or cyclic N) is 1. The van der Waals surface area contributed by atoms with Crippen molar-refractivity contribution in [3.63, 3.8) is 0 Å². The third-order valence-corrected chi connectivity index (χ3v) is 2.21. The largest absolute Gasteiger partial charge is 0.395 e. The van der Waals surface area contributed by atoms with E-state index in [9.17, 15) is 4.79 Å². The molecule has 1 aliphatic heterocycles. The molecule has 1 heterocycles. The lowest BCUT2D eigenvalue weighted by Gasteiger charge is -2.33. The quantitative estimate of drug-likeness (QED) is 0.602. The Bertz CT molecular complexity index is 161. The molecule has 4 nitrogen and oxygen atoms in total. The van der Waals surface area contributed by atoms with E-state index in [4.69, 9.17) is 5.11 Å². The number of carbonyl (C=O) groups excluding carboxylic acids is 1. The van der Waals surface area contributed by atoms with E-state index in [-0.39, 0.29) is 12.5 Å². The highest BCUT2D eigenvalue weighted by Gasteiger charge is 2.21.